The Morgan fingerprint density at radius 3 is 2.93 bits per heavy atom. The van der Waals surface area contributed by atoms with Crippen LogP contribution < -0.4 is 5.32 Å². The number of benzene rings is 1. The number of furan rings is 1. The van der Waals surface area contributed by atoms with Gasteiger partial charge in [0.25, 0.3) is 0 Å². The Balaban J connectivity index is 1.32. The van der Waals surface area contributed by atoms with Gasteiger partial charge in [0.15, 0.2) is 0 Å². The molecule has 0 saturated carbocycles. The normalized spacial score (nSPS) is 17.5. The van der Waals surface area contributed by atoms with Gasteiger partial charge >= 0.3 is 0 Å². The van der Waals surface area contributed by atoms with Crippen LogP contribution in [0.2, 0.25) is 0 Å². The van der Waals surface area contributed by atoms with Gasteiger partial charge in [-0.1, -0.05) is 21.1 Å². The number of hydrogen-bond donors (Lipinski definition) is 1. The predicted molar refractivity (Wildman–Crippen MR) is 106 cm³/mol. The molecule has 1 aliphatic heterocycles. The number of halogens is 1. The van der Waals surface area contributed by atoms with E-state index in [0.29, 0.717) is 31.3 Å². The molecule has 1 unspecified atom stereocenters. The minimum Gasteiger partial charge on any atom is -0.467 e. The first kappa shape index (κ1) is 18.9. The SMILES string of the molecule is O=C(NCc1ccco1)C1CCCN(Cc2nc(-c3ccc(Br)cc3)no2)C1. The average Bonchev–Trinajstić information content (AvgIpc) is 3.39. The van der Waals surface area contributed by atoms with Crippen LogP contribution in [0.25, 0.3) is 11.4 Å². The molecule has 28 heavy (non-hydrogen) atoms. The summed E-state index contributed by atoms with van der Waals surface area (Å²) < 4.78 is 11.7. The van der Waals surface area contributed by atoms with Crippen LogP contribution >= 0.6 is 15.9 Å². The van der Waals surface area contributed by atoms with Crippen molar-refractivity contribution in [2.24, 2.45) is 5.92 Å². The summed E-state index contributed by atoms with van der Waals surface area (Å²) in [6.45, 7) is 2.56. The van der Waals surface area contributed by atoms with Crippen LogP contribution in [-0.2, 0) is 17.9 Å². The zero-order chi connectivity index (χ0) is 19.3. The number of nitrogens with zero attached hydrogens (tertiary/aromatic N) is 3. The van der Waals surface area contributed by atoms with Gasteiger partial charge in [0.2, 0.25) is 17.6 Å². The zero-order valence-electron chi connectivity index (χ0n) is 15.3. The molecule has 1 saturated heterocycles. The Morgan fingerprint density at radius 1 is 1.29 bits per heavy atom. The number of hydrogen-bond acceptors (Lipinski definition) is 6. The molecule has 2 aromatic heterocycles. The largest absolute Gasteiger partial charge is 0.467 e. The fraction of sp³-hybridized carbons (Fsp3) is 0.350. The Labute approximate surface area is 171 Å². The molecule has 0 aliphatic carbocycles. The minimum absolute atomic E-state index is 0.0439. The number of piperidine rings is 1. The summed E-state index contributed by atoms with van der Waals surface area (Å²) in [6, 6.07) is 11.4. The molecule has 4 rings (SSSR count). The van der Waals surface area contributed by atoms with Gasteiger partial charge in [-0.25, -0.2) is 0 Å². The summed E-state index contributed by atoms with van der Waals surface area (Å²) in [7, 11) is 0. The molecule has 1 atom stereocenters. The van der Waals surface area contributed by atoms with Gasteiger partial charge in [0.05, 0.1) is 25.3 Å². The van der Waals surface area contributed by atoms with Gasteiger partial charge in [-0.15, -0.1) is 0 Å². The van der Waals surface area contributed by atoms with Crippen molar-refractivity contribution < 1.29 is 13.7 Å². The lowest BCUT2D eigenvalue weighted by molar-refractivity contribution is -0.127. The van der Waals surface area contributed by atoms with Gasteiger partial charge in [0, 0.05) is 16.6 Å². The molecule has 1 aliphatic rings. The van der Waals surface area contributed by atoms with Crippen molar-refractivity contribution in [3.8, 4) is 11.4 Å². The summed E-state index contributed by atoms with van der Waals surface area (Å²) in [5, 5.41) is 7.03. The van der Waals surface area contributed by atoms with E-state index in [0.717, 1.165) is 35.2 Å². The minimum atomic E-state index is -0.0439. The second kappa shape index (κ2) is 8.70. The summed E-state index contributed by atoms with van der Waals surface area (Å²) in [4.78, 5) is 19.2. The molecule has 3 heterocycles. The molecule has 0 bridgehead atoms. The highest BCUT2D eigenvalue weighted by Crippen LogP contribution is 2.21. The Bertz CT molecular complexity index is 908. The first-order valence-corrected chi connectivity index (χ1v) is 10.1. The number of rotatable bonds is 6. The third-order valence-corrected chi connectivity index (χ3v) is 5.35. The van der Waals surface area contributed by atoms with E-state index < -0.39 is 0 Å². The maximum absolute atomic E-state index is 12.5. The van der Waals surface area contributed by atoms with E-state index in [-0.39, 0.29) is 11.8 Å². The fourth-order valence-corrected chi connectivity index (χ4v) is 3.64. The molecular formula is C20H21BrN4O3. The molecule has 1 amide bonds. The monoisotopic (exact) mass is 444 g/mol. The van der Waals surface area contributed by atoms with Crippen molar-refractivity contribution >= 4 is 21.8 Å². The third-order valence-electron chi connectivity index (χ3n) is 4.82. The van der Waals surface area contributed by atoms with Crippen molar-refractivity contribution in [2.75, 3.05) is 13.1 Å². The van der Waals surface area contributed by atoms with Crippen LogP contribution in [0.15, 0.2) is 56.1 Å². The summed E-state index contributed by atoms with van der Waals surface area (Å²) in [5.74, 6) is 1.91. The van der Waals surface area contributed by atoms with E-state index in [1.54, 1.807) is 6.26 Å². The molecule has 7 nitrogen and oxygen atoms in total. The van der Waals surface area contributed by atoms with Gasteiger partial charge in [-0.05, 0) is 55.8 Å². The molecule has 8 heteroatoms. The fourth-order valence-electron chi connectivity index (χ4n) is 3.37. The van der Waals surface area contributed by atoms with Gasteiger partial charge in [-0.3, -0.25) is 9.69 Å². The number of likely N-dealkylation sites (tertiary alicyclic amines) is 1. The smallest absolute Gasteiger partial charge is 0.241 e. The van der Waals surface area contributed by atoms with E-state index in [4.69, 9.17) is 8.94 Å². The standard InChI is InChI=1S/C20H21BrN4O3/c21-16-7-5-14(6-8-16)19-23-18(28-24-19)13-25-9-1-3-15(12-25)20(26)22-11-17-4-2-10-27-17/h2,4-8,10,15H,1,3,9,11-13H2,(H,22,26). The first-order valence-electron chi connectivity index (χ1n) is 9.28. The van der Waals surface area contributed by atoms with Crippen LogP contribution in [-0.4, -0.2) is 34.0 Å². The second-order valence-electron chi connectivity index (χ2n) is 6.89. The molecule has 1 fully saturated rings. The molecule has 1 aromatic carbocycles. The van der Waals surface area contributed by atoms with Crippen LogP contribution in [0.5, 0.6) is 0 Å². The quantitative estimate of drug-likeness (QED) is 0.624. The lowest BCUT2D eigenvalue weighted by Crippen LogP contribution is -2.42. The van der Waals surface area contributed by atoms with Crippen molar-refractivity contribution in [3.63, 3.8) is 0 Å². The molecule has 146 valence electrons. The molecule has 0 radical (unpaired) electrons. The number of amides is 1. The van der Waals surface area contributed by atoms with Crippen molar-refractivity contribution in [1.82, 2.24) is 20.4 Å². The van der Waals surface area contributed by atoms with Crippen LogP contribution in [0, 0.1) is 5.92 Å². The highest BCUT2D eigenvalue weighted by atomic mass is 79.9. The Hall–Kier alpha value is -2.45. The number of carbonyl (C=O) groups excluding carboxylic acids is 1. The topological polar surface area (TPSA) is 84.4 Å². The van der Waals surface area contributed by atoms with E-state index in [1.807, 2.05) is 36.4 Å². The maximum Gasteiger partial charge on any atom is 0.241 e. The molecule has 3 aromatic rings. The van der Waals surface area contributed by atoms with Crippen LogP contribution in [0.3, 0.4) is 0 Å². The molecular weight excluding hydrogens is 424 g/mol. The third kappa shape index (κ3) is 4.69. The number of aromatic nitrogens is 2. The first-order chi connectivity index (χ1) is 13.7. The van der Waals surface area contributed by atoms with Crippen molar-refractivity contribution in [1.29, 1.82) is 0 Å². The maximum atomic E-state index is 12.5. The highest BCUT2D eigenvalue weighted by molar-refractivity contribution is 9.10. The Morgan fingerprint density at radius 2 is 2.14 bits per heavy atom. The van der Waals surface area contributed by atoms with E-state index >= 15 is 0 Å². The van der Waals surface area contributed by atoms with Gasteiger partial charge in [0.1, 0.15) is 5.76 Å². The van der Waals surface area contributed by atoms with Crippen molar-refractivity contribution in [3.05, 3.63) is 58.8 Å². The van der Waals surface area contributed by atoms with E-state index in [1.165, 1.54) is 0 Å². The summed E-state index contributed by atoms with van der Waals surface area (Å²) in [5.41, 5.74) is 0.909. The molecule has 1 N–H and O–H groups in total. The second-order valence-corrected chi connectivity index (χ2v) is 7.81. The number of carbonyl (C=O) groups is 1. The molecule has 0 spiro atoms. The zero-order valence-corrected chi connectivity index (χ0v) is 16.9. The predicted octanol–water partition coefficient (Wildman–Crippen LogP) is 3.62. The lowest BCUT2D eigenvalue weighted by atomic mass is 9.97. The van der Waals surface area contributed by atoms with Gasteiger partial charge < -0.3 is 14.3 Å². The van der Waals surface area contributed by atoms with Crippen molar-refractivity contribution in [2.45, 2.75) is 25.9 Å². The summed E-state index contributed by atoms with van der Waals surface area (Å²) in [6.07, 6.45) is 3.46. The van der Waals surface area contributed by atoms with E-state index in [9.17, 15) is 4.79 Å². The van der Waals surface area contributed by atoms with Crippen LogP contribution in [0.1, 0.15) is 24.5 Å². The average molecular weight is 445 g/mol. The lowest BCUT2D eigenvalue weighted by Gasteiger charge is -2.30. The number of nitrogens with one attached hydrogen (secondary N) is 1. The summed E-state index contributed by atoms with van der Waals surface area (Å²) >= 11 is 3.42. The van der Waals surface area contributed by atoms with Crippen LogP contribution in [0.4, 0.5) is 0 Å². The highest BCUT2D eigenvalue weighted by Gasteiger charge is 2.27. The van der Waals surface area contributed by atoms with E-state index in [2.05, 4.69) is 36.3 Å². The van der Waals surface area contributed by atoms with Gasteiger partial charge in [-0.2, -0.15) is 4.98 Å². The Kier molecular flexibility index (Phi) is 5.87.